The van der Waals surface area contributed by atoms with Gasteiger partial charge in [-0.15, -0.1) is 0 Å². The molecule has 47 heavy (non-hydrogen) atoms. The maximum absolute atomic E-state index is 13.1. The van der Waals surface area contributed by atoms with Crippen molar-refractivity contribution in [1.29, 1.82) is 0 Å². The molecule has 14 N–H and O–H groups in total. The number of ether oxygens (including phenoxy) is 3. The van der Waals surface area contributed by atoms with E-state index in [1.165, 1.54) is 0 Å². The minimum Gasteiger partial charge on any atom is -0.388 e. The predicted molar refractivity (Wildman–Crippen MR) is 179 cm³/mol. The number of amides is 4. The van der Waals surface area contributed by atoms with Crippen molar-refractivity contribution in [3.8, 4) is 0 Å². The predicted octanol–water partition coefficient (Wildman–Crippen LogP) is -3.62. The molecule has 0 rings (SSSR count). The van der Waals surface area contributed by atoms with Crippen molar-refractivity contribution in [3.63, 3.8) is 0 Å². The van der Waals surface area contributed by atoms with Crippen LogP contribution in [0.3, 0.4) is 0 Å². The summed E-state index contributed by atoms with van der Waals surface area (Å²) in [5, 5.41) is 11.0. The highest BCUT2D eigenvalue weighted by Crippen LogP contribution is 2.18. The van der Waals surface area contributed by atoms with E-state index in [2.05, 4.69) is 36.2 Å². The fraction of sp³-hybridized carbons (Fsp3) is 0.750. The van der Waals surface area contributed by atoms with Gasteiger partial charge in [-0.3, -0.25) is 34.2 Å². The average Bonchev–Trinajstić information content (AvgIpc) is 2.97. The molecule has 0 aliphatic carbocycles. The lowest BCUT2D eigenvalue weighted by Crippen LogP contribution is -2.60. The molecule has 0 aromatic heterocycles. The van der Waals surface area contributed by atoms with Gasteiger partial charge in [-0.05, 0) is 6.92 Å². The zero-order valence-corrected chi connectivity index (χ0v) is 28.2. The molecule has 0 aliphatic rings. The lowest BCUT2D eigenvalue weighted by atomic mass is 9.92. The number of carbonyl (C=O) groups excluding carboxylic acids is 4. The molecule has 0 bridgehead atoms. The summed E-state index contributed by atoms with van der Waals surface area (Å²) in [4.78, 5) is 61.4. The van der Waals surface area contributed by atoms with Crippen molar-refractivity contribution in [2.24, 2.45) is 49.1 Å². The van der Waals surface area contributed by atoms with Gasteiger partial charge in [0.25, 0.3) is 0 Å². The highest BCUT2D eigenvalue weighted by Gasteiger charge is 2.37. The molecular weight excluding hydrogens is 616 g/mol. The first-order chi connectivity index (χ1) is 22.1. The van der Waals surface area contributed by atoms with E-state index in [4.69, 9.17) is 42.9 Å². The van der Waals surface area contributed by atoms with Crippen LogP contribution >= 0.6 is 0 Å². The van der Waals surface area contributed by atoms with Crippen molar-refractivity contribution in [1.82, 2.24) is 21.3 Å². The Kier molecular flexibility index (Phi) is 21.9. The van der Waals surface area contributed by atoms with E-state index in [0.29, 0.717) is 18.9 Å². The molecule has 0 aliphatic heterocycles. The fourth-order valence-corrected chi connectivity index (χ4v) is 3.41. The van der Waals surface area contributed by atoms with Crippen LogP contribution in [-0.2, 0) is 33.4 Å². The van der Waals surface area contributed by atoms with Crippen LogP contribution in [0.25, 0.3) is 0 Å². The summed E-state index contributed by atoms with van der Waals surface area (Å²) in [5.74, 6) is -0.837. The quantitative estimate of drug-likeness (QED) is 0.0258. The molecular formula is C28H56N12O7. The Labute approximate surface area is 276 Å². The molecule has 0 unspecified atom stereocenters. The van der Waals surface area contributed by atoms with Crippen LogP contribution in [0.15, 0.2) is 15.0 Å². The normalized spacial score (nSPS) is 11.7. The zero-order valence-electron chi connectivity index (χ0n) is 28.2. The number of nitrogens with one attached hydrogen (secondary N) is 4. The lowest BCUT2D eigenvalue weighted by Gasteiger charge is -2.36. The van der Waals surface area contributed by atoms with Crippen molar-refractivity contribution >= 4 is 41.4 Å². The summed E-state index contributed by atoms with van der Waals surface area (Å²) < 4.78 is 17.5. The molecule has 0 saturated heterocycles. The fourth-order valence-electron chi connectivity index (χ4n) is 3.41. The van der Waals surface area contributed by atoms with E-state index in [-0.39, 0.29) is 121 Å². The minimum absolute atomic E-state index is 0.0205. The molecule has 0 spiro atoms. The van der Waals surface area contributed by atoms with Gasteiger partial charge in [0, 0.05) is 44.3 Å². The number of aliphatic imine (C=N–C) groups is 3. The number of nitrogens with two attached hydrogens (primary N) is 5. The monoisotopic (exact) mass is 672 g/mol. The van der Waals surface area contributed by atoms with Crippen LogP contribution in [-0.4, -0.2) is 126 Å². The maximum Gasteiger partial charge on any atom is 0.226 e. The number of amidine groups is 1. The SMILES string of the molecule is CC(N)=NCCNC(=O)CCOCC(COCCC(=O)NCCN=C(N)N)(COCCC(=O)NCCN=C(N)N)NC(=O)C(C)(C)C. The highest BCUT2D eigenvalue weighted by molar-refractivity contribution is 5.82. The number of hydrogen-bond acceptors (Lipinski definition) is 10. The number of carbonyl (C=O) groups is 4. The summed E-state index contributed by atoms with van der Waals surface area (Å²) in [6.45, 7) is 8.34. The summed E-state index contributed by atoms with van der Waals surface area (Å²) in [5.41, 5.74) is 24.6. The Balaban J connectivity index is 5.39. The Morgan fingerprint density at radius 1 is 0.596 bits per heavy atom. The molecule has 19 nitrogen and oxygen atoms in total. The van der Waals surface area contributed by atoms with Gasteiger partial charge in [0.15, 0.2) is 11.9 Å². The molecule has 4 amide bonds. The Morgan fingerprint density at radius 3 is 1.23 bits per heavy atom. The van der Waals surface area contributed by atoms with Crippen LogP contribution in [0.5, 0.6) is 0 Å². The molecule has 0 atom stereocenters. The average molecular weight is 673 g/mol. The Morgan fingerprint density at radius 2 is 0.936 bits per heavy atom. The van der Waals surface area contributed by atoms with Gasteiger partial charge in [-0.25, -0.2) is 0 Å². The number of nitrogens with zero attached hydrogens (tertiary/aromatic N) is 3. The molecule has 0 saturated carbocycles. The van der Waals surface area contributed by atoms with Crippen molar-refractivity contribution < 1.29 is 33.4 Å². The largest absolute Gasteiger partial charge is 0.388 e. The molecule has 0 aromatic rings. The molecule has 0 fully saturated rings. The van der Waals surface area contributed by atoms with Crippen molar-refractivity contribution in [2.45, 2.75) is 52.5 Å². The molecule has 0 radical (unpaired) electrons. The summed E-state index contributed by atoms with van der Waals surface area (Å²) in [6, 6.07) is 0. The first-order valence-electron chi connectivity index (χ1n) is 15.3. The van der Waals surface area contributed by atoms with Gasteiger partial charge < -0.3 is 64.1 Å². The summed E-state index contributed by atoms with van der Waals surface area (Å²) in [7, 11) is 0. The number of hydrogen-bond donors (Lipinski definition) is 9. The molecule has 0 heterocycles. The van der Waals surface area contributed by atoms with E-state index >= 15 is 0 Å². The first kappa shape index (κ1) is 42.8. The Hall–Kier alpha value is -4.23. The van der Waals surface area contributed by atoms with Gasteiger partial charge in [0.05, 0.1) is 65.1 Å². The second kappa shape index (κ2) is 24.0. The number of guanidine groups is 2. The lowest BCUT2D eigenvalue weighted by molar-refractivity contribution is -0.136. The maximum atomic E-state index is 13.1. The van der Waals surface area contributed by atoms with Crippen LogP contribution < -0.4 is 49.9 Å². The van der Waals surface area contributed by atoms with Crippen LogP contribution in [0.2, 0.25) is 0 Å². The zero-order chi connectivity index (χ0) is 35.7. The third kappa shape index (κ3) is 24.7. The minimum atomic E-state index is -1.22. The van der Waals surface area contributed by atoms with Gasteiger partial charge >= 0.3 is 0 Å². The van der Waals surface area contributed by atoms with E-state index in [1.807, 2.05) is 0 Å². The van der Waals surface area contributed by atoms with Crippen molar-refractivity contribution in [2.75, 3.05) is 78.9 Å². The van der Waals surface area contributed by atoms with Gasteiger partial charge in [-0.2, -0.15) is 0 Å². The second-order valence-electron chi connectivity index (χ2n) is 11.6. The van der Waals surface area contributed by atoms with Crippen LogP contribution in [0.1, 0.15) is 47.0 Å². The molecule has 0 aromatic carbocycles. The Bertz CT molecular complexity index is 942. The van der Waals surface area contributed by atoms with Crippen molar-refractivity contribution in [3.05, 3.63) is 0 Å². The van der Waals surface area contributed by atoms with E-state index in [9.17, 15) is 19.2 Å². The van der Waals surface area contributed by atoms with Crippen LogP contribution in [0.4, 0.5) is 0 Å². The number of rotatable bonds is 25. The standard InChI is InChI=1S/C28H56N12O7/c1-20(29)34-8-9-35-21(41)5-14-45-17-28(40-24(44)27(2,3)4,18-46-15-6-22(42)36-10-12-38-25(30)31)19-47-16-7-23(43)37-11-13-39-26(32)33/h5-19H2,1-4H3,(H2,29,34)(H,35,41)(H,36,42)(H,37,43)(H,40,44)(H4,30,31,38)(H4,32,33,39). The molecule has 19 heteroatoms. The van der Waals surface area contributed by atoms with Gasteiger partial charge in [0.2, 0.25) is 23.6 Å². The van der Waals surface area contributed by atoms with Crippen LogP contribution in [0, 0.1) is 5.41 Å². The van der Waals surface area contributed by atoms with E-state index < -0.39 is 11.0 Å². The van der Waals surface area contributed by atoms with E-state index in [0.717, 1.165) is 0 Å². The smallest absolute Gasteiger partial charge is 0.226 e. The highest BCUT2D eigenvalue weighted by atomic mass is 16.5. The third-order valence-electron chi connectivity index (χ3n) is 5.87. The van der Waals surface area contributed by atoms with Gasteiger partial charge in [-0.1, -0.05) is 20.8 Å². The summed E-state index contributed by atoms with van der Waals surface area (Å²) >= 11 is 0. The second-order valence-corrected chi connectivity index (χ2v) is 11.6. The topological polar surface area (TPSA) is 311 Å². The molecule has 270 valence electrons. The van der Waals surface area contributed by atoms with Gasteiger partial charge in [0.1, 0.15) is 5.54 Å². The first-order valence-corrected chi connectivity index (χ1v) is 15.3. The summed E-state index contributed by atoms with van der Waals surface area (Å²) in [6.07, 6.45) is 0.109. The third-order valence-corrected chi connectivity index (χ3v) is 5.87. The van der Waals surface area contributed by atoms with E-state index in [1.54, 1.807) is 27.7 Å².